The summed E-state index contributed by atoms with van der Waals surface area (Å²) in [5.74, 6) is 0.622. The van der Waals surface area contributed by atoms with Crippen LogP contribution in [0, 0.1) is 18.3 Å². The zero-order chi connectivity index (χ0) is 18.9. The first-order valence-corrected chi connectivity index (χ1v) is 9.70. The SMILES string of the molecule is C=C(C)CC1NC(c2cccc(-c3cccnc3)c2C)CC(C)(C)C1C. The Balaban J connectivity index is 1.97. The van der Waals surface area contributed by atoms with Crippen molar-refractivity contribution in [3.05, 3.63) is 66.0 Å². The van der Waals surface area contributed by atoms with Crippen LogP contribution >= 0.6 is 0 Å². The van der Waals surface area contributed by atoms with Crippen LogP contribution in [-0.4, -0.2) is 11.0 Å². The highest BCUT2D eigenvalue weighted by Gasteiger charge is 2.40. The van der Waals surface area contributed by atoms with Crippen LogP contribution in [0.3, 0.4) is 0 Å². The zero-order valence-corrected chi connectivity index (χ0v) is 16.8. The Labute approximate surface area is 158 Å². The summed E-state index contributed by atoms with van der Waals surface area (Å²) in [5.41, 5.74) is 6.80. The molecule has 1 aliphatic rings. The number of aromatic nitrogens is 1. The van der Waals surface area contributed by atoms with Crippen LogP contribution in [0.15, 0.2) is 54.9 Å². The van der Waals surface area contributed by atoms with E-state index in [-0.39, 0.29) is 0 Å². The lowest BCUT2D eigenvalue weighted by atomic mass is 9.66. The number of hydrogen-bond acceptors (Lipinski definition) is 2. The summed E-state index contributed by atoms with van der Waals surface area (Å²) < 4.78 is 0. The predicted octanol–water partition coefficient (Wildman–Crippen LogP) is 6.09. The maximum Gasteiger partial charge on any atom is 0.0346 e. The fourth-order valence-corrected chi connectivity index (χ4v) is 4.39. The monoisotopic (exact) mass is 348 g/mol. The molecule has 1 aromatic carbocycles. The van der Waals surface area contributed by atoms with E-state index in [2.05, 4.69) is 75.8 Å². The summed E-state index contributed by atoms with van der Waals surface area (Å²) in [6.07, 6.45) is 5.98. The van der Waals surface area contributed by atoms with Crippen LogP contribution in [0.25, 0.3) is 11.1 Å². The molecule has 1 aromatic heterocycles. The summed E-state index contributed by atoms with van der Waals surface area (Å²) in [6, 6.07) is 11.7. The van der Waals surface area contributed by atoms with E-state index in [0.29, 0.717) is 23.4 Å². The minimum atomic E-state index is 0.298. The molecule has 0 aliphatic carbocycles. The van der Waals surface area contributed by atoms with E-state index in [1.165, 1.54) is 27.8 Å². The normalized spacial score (nSPS) is 25.0. The molecule has 2 nitrogen and oxygen atoms in total. The fourth-order valence-electron chi connectivity index (χ4n) is 4.39. The summed E-state index contributed by atoms with van der Waals surface area (Å²) in [7, 11) is 0. The molecule has 138 valence electrons. The van der Waals surface area contributed by atoms with Gasteiger partial charge in [0.15, 0.2) is 0 Å². The van der Waals surface area contributed by atoms with Gasteiger partial charge in [0.25, 0.3) is 0 Å². The van der Waals surface area contributed by atoms with E-state index < -0.39 is 0 Å². The summed E-state index contributed by atoms with van der Waals surface area (Å²) >= 11 is 0. The highest BCUT2D eigenvalue weighted by molar-refractivity contribution is 5.67. The number of hydrogen-bond donors (Lipinski definition) is 1. The fraction of sp³-hybridized carbons (Fsp3) is 0.458. The van der Waals surface area contributed by atoms with Crippen molar-refractivity contribution in [1.82, 2.24) is 10.3 Å². The molecule has 1 N–H and O–H groups in total. The van der Waals surface area contributed by atoms with Gasteiger partial charge in [0, 0.05) is 30.0 Å². The van der Waals surface area contributed by atoms with Crippen LogP contribution < -0.4 is 5.32 Å². The van der Waals surface area contributed by atoms with Gasteiger partial charge < -0.3 is 5.32 Å². The van der Waals surface area contributed by atoms with Gasteiger partial charge in [-0.3, -0.25) is 4.98 Å². The molecule has 3 atom stereocenters. The van der Waals surface area contributed by atoms with E-state index in [4.69, 9.17) is 0 Å². The molecule has 1 aliphatic heterocycles. The quantitative estimate of drug-likeness (QED) is 0.676. The zero-order valence-electron chi connectivity index (χ0n) is 16.8. The van der Waals surface area contributed by atoms with Crippen molar-refractivity contribution in [1.29, 1.82) is 0 Å². The second kappa shape index (κ2) is 7.36. The number of rotatable bonds is 4. The van der Waals surface area contributed by atoms with Gasteiger partial charge in [0.05, 0.1) is 0 Å². The van der Waals surface area contributed by atoms with Crippen LogP contribution in [0.1, 0.15) is 57.7 Å². The number of nitrogens with zero attached hydrogens (tertiary/aromatic N) is 1. The molecule has 1 saturated heterocycles. The Morgan fingerprint density at radius 3 is 2.69 bits per heavy atom. The summed E-state index contributed by atoms with van der Waals surface area (Å²) in [4.78, 5) is 4.30. The van der Waals surface area contributed by atoms with Crippen LogP contribution in [0.2, 0.25) is 0 Å². The lowest BCUT2D eigenvalue weighted by Gasteiger charge is -2.47. The molecule has 1 fully saturated rings. The highest BCUT2D eigenvalue weighted by Crippen LogP contribution is 2.45. The molecular weight excluding hydrogens is 316 g/mol. The molecule has 0 radical (unpaired) electrons. The molecule has 2 aromatic rings. The molecule has 2 heteroatoms. The predicted molar refractivity (Wildman–Crippen MR) is 111 cm³/mol. The largest absolute Gasteiger partial charge is 0.307 e. The first-order chi connectivity index (χ1) is 12.3. The van der Waals surface area contributed by atoms with Crippen molar-refractivity contribution in [2.24, 2.45) is 11.3 Å². The van der Waals surface area contributed by atoms with Crippen molar-refractivity contribution in [3.8, 4) is 11.1 Å². The smallest absolute Gasteiger partial charge is 0.0346 e. The average Bonchev–Trinajstić information content (AvgIpc) is 2.59. The van der Waals surface area contributed by atoms with E-state index in [1.807, 2.05) is 18.5 Å². The van der Waals surface area contributed by atoms with Crippen LogP contribution in [0.4, 0.5) is 0 Å². The van der Waals surface area contributed by atoms with Gasteiger partial charge in [0.1, 0.15) is 0 Å². The molecule has 0 bridgehead atoms. The standard InChI is InChI=1S/C24H32N2/c1-16(2)13-22-18(4)24(5,6)14-23(26-22)21-11-7-10-20(17(21)3)19-9-8-12-25-15-19/h7-12,15,18,22-23,26H,1,13-14H2,2-6H3. The van der Waals surface area contributed by atoms with Gasteiger partial charge in [-0.2, -0.15) is 0 Å². The van der Waals surface area contributed by atoms with Crippen molar-refractivity contribution < 1.29 is 0 Å². The van der Waals surface area contributed by atoms with Crippen molar-refractivity contribution in [3.63, 3.8) is 0 Å². The Morgan fingerprint density at radius 1 is 1.27 bits per heavy atom. The summed E-state index contributed by atoms with van der Waals surface area (Å²) in [5, 5.41) is 3.95. The van der Waals surface area contributed by atoms with Crippen LogP contribution in [-0.2, 0) is 0 Å². The first kappa shape index (κ1) is 18.8. The van der Waals surface area contributed by atoms with E-state index in [1.54, 1.807) is 0 Å². The maximum atomic E-state index is 4.30. The van der Waals surface area contributed by atoms with Gasteiger partial charge in [-0.25, -0.2) is 0 Å². The first-order valence-electron chi connectivity index (χ1n) is 9.70. The number of pyridine rings is 1. The highest BCUT2D eigenvalue weighted by atomic mass is 15.0. The second-order valence-electron chi connectivity index (χ2n) is 8.73. The van der Waals surface area contributed by atoms with Crippen molar-refractivity contribution in [2.75, 3.05) is 0 Å². The minimum absolute atomic E-state index is 0.298. The average molecular weight is 349 g/mol. The minimum Gasteiger partial charge on any atom is -0.307 e. The Hall–Kier alpha value is -1.93. The van der Waals surface area contributed by atoms with Crippen molar-refractivity contribution in [2.45, 2.75) is 59.5 Å². The third-order valence-electron chi connectivity index (χ3n) is 6.27. The molecule has 0 saturated carbocycles. The van der Waals surface area contributed by atoms with Crippen molar-refractivity contribution >= 4 is 0 Å². The Kier molecular flexibility index (Phi) is 5.34. The van der Waals surface area contributed by atoms with E-state index >= 15 is 0 Å². The number of nitrogens with one attached hydrogen (secondary N) is 1. The third kappa shape index (κ3) is 3.76. The lowest BCUT2D eigenvalue weighted by Crippen LogP contribution is -2.50. The van der Waals surface area contributed by atoms with Gasteiger partial charge in [-0.15, -0.1) is 6.58 Å². The van der Waals surface area contributed by atoms with Gasteiger partial charge in [-0.1, -0.05) is 50.6 Å². The maximum absolute atomic E-state index is 4.30. The molecule has 0 amide bonds. The Morgan fingerprint density at radius 2 is 2.04 bits per heavy atom. The summed E-state index contributed by atoms with van der Waals surface area (Å²) in [6.45, 7) is 15.8. The van der Waals surface area contributed by atoms with Gasteiger partial charge >= 0.3 is 0 Å². The molecule has 2 heterocycles. The van der Waals surface area contributed by atoms with Gasteiger partial charge in [0.2, 0.25) is 0 Å². The molecule has 0 spiro atoms. The lowest BCUT2D eigenvalue weighted by molar-refractivity contribution is 0.0855. The molecule has 3 unspecified atom stereocenters. The van der Waals surface area contributed by atoms with E-state index in [9.17, 15) is 0 Å². The number of benzene rings is 1. The van der Waals surface area contributed by atoms with E-state index in [0.717, 1.165) is 12.8 Å². The van der Waals surface area contributed by atoms with Gasteiger partial charge in [-0.05, 0) is 60.8 Å². The third-order valence-corrected chi connectivity index (χ3v) is 6.27. The topological polar surface area (TPSA) is 24.9 Å². The number of piperidine rings is 1. The molecule has 3 rings (SSSR count). The second-order valence-corrected chi connectivity index (χ2v) is 8.73. The molecular formula is C24H32N2. The molecule has 26 heavy (non-hydrogen) atoms. The van der Waals surface area contributed by atoms with Crippen LogP contribution in [0.5, 0.6) is 0 Å². The Bertz CT molecular complexity index is 776.